The summed E-state index contributed by atoms with van der Waals surface area (Å²) in [6.45, 7) is 16.4. The van der Waals surface area contributed by atoms with Gasteiger partial charge in [-0.05, 0) is 108 Å². The third-order valence-electron chi connectivity index (χ3n) is 15.0. The maximum atomic E-state index is 13.0. The van der Waals surface area contributed by atoms with E-state index in [1.807, 2.05) is 19.1 Å². The lowest BCUT2D eigenvalue weighted by Gasteiger charge is -2.50. The normalized spacial score (nSPS) is 41.7. The Labute approximate surface area is 386 Å². The predicted molar refractivity (Wildman–Crippen MR) is 241 cm³/mol. The number of carbonyl (C=O) groups excluding carboxylic acids is 1. The Bertz CT molecular complexity index is 1770. The van der Waals surface area contributed by atoms with Gasteiger partial charge in [0, 0.05) is 38.0 Å². The number of allylic oxidation sites excluding steroid dienone is 2. The molecule has 0 saturated carbocycles. The Morgan fingerprint density at radius 2 is 1.78 bits per heavy atom. The van der Waals surface area contributed by atoms with Crippen molar-refractivity contribution in [2.75, 3.05) is 19.8 Å². The Hall–Kier alpha value is -2.31. The highest BCUT2D eigenvalue weighted by Crippen LogP contribution is 2.47. The Morgan fingerprint density at radius 3 is 2.54 bits per heavy atom. The van der Waals surface area contributed by atoms with Gasteiger partial charge in [-0.1, -0.05) is 63.3 Å². The lowest BCUT2D eigenvalue weighted by Crippen LogP contribution is -2.60. The van der Waals surface area contributed by atoms with Gasteiger partial charge in [-0.15, -0.1) is 0 Å². The van der Waals surface area contributed by atoms with Gasteiger partial charge in [-0.25, -0.2) is 4.79 Å². The summed E-state index contributed by atoms with van der Waals surface area (Å²) in [4.78, 5) is 13.0. The molecule has 7 aliphatic rings. The number of rotatable bonds is 14. The molecule has 5 N–H and O–H groups in total. The molecule has 0 aliphatic carbocycles. The molecular weight excluding hydrogens is 837 g/mol. The van der Waals surface area contributed by atoms with E-state index in [4.69, 9.17) is 43.0 Å². The third-order valence-corrected chi connectivity index (χ3v) is 15.0. The smallest absolute Gasteiger partial charge is 0.338 e. The first-order chi connectivity index (χ1) is 30.9. The van der Waals surface area contributed by atoms with Crippen molar-refractivity contribution in [3.05, 3.63) is 59.8 Å². The Morgan fingerprint density at radius 1 is 1.02 bits per heavy atom. The van der Waals surface area contributed by atoms with Gasteiger partial charge in [-0.2, -0.15) is 0 Å². The number of fused-ring (bicyclic) bond motifs is 1. The summed E-state index contributed by atoms with van der Waals surface area (Å²) in [7, 11) is 0. The summed E-state index contributed by atoms with van der Waals surface area (Å²) >= 11 is 0. The van der Waals surface area contributed by atoms with Gasteiger partial charge in [0.25, 0.3) is 0 Å². The molecule has 14 heteroatoms. The molecule has 7 rings (SSSR count). The predicted octanol–water partition coefficient (Wildman–Crippen LogP) is 6.17. The van der Waals surface area contributed by atoms with Gasteiger partial charge in [0.1, 0.15) is 31.0 Å². The van der Waals surface area contributed by atoms with E-state index in [0.717, 1.165) is 56.3 Å². The van der Waals surface area contributed by atoms with Gasteiger partial charge in [0.2, 0.25) is 5.79 Å². The van der Waals surface area contributed by atoms with E-state index in [0.29, 0.717) is 56.4 Å². The molecule has 2 unspecified atom stereocenters. The second kappa shape index (κ2) is 21.1. The van der Waals surface area contributed by atoms with Crippen LogP contribution >= 0.6 is 0 Å². The second-order valence-electron chi connectivity index (χ2n) is 20.8. The van der Waals surface area contributed by atoms with Crippen LogP contribution in [0.2, 0.25) is 0 Å². The lowest BCUT2D eigenvalue weighted by atomic mass is 9.79. The molecular formula is C51H78O14. The first kappa shape index (κ1) is 50.6. The quantitative estimate of drug-likeness (QED) is 0.0756. The molecule has 0 bridgehead atoms. The minimum Gasteiger partial charge on any atom is -0.459 e. The van der Waals surface area contributed by atoms with E-state index in [1.54, 1.807) is 25.2 Å². The number of aliphatic hydroxyl groups is 5. The fraction of sp³-hybridized carbons (Fsp3) is 0.784. The molecule has 366 valence electrons. The van der Waals surface area contributed by atoms with Gasteiger partial charge in [-0.3, -0.25) is 0 Å². The summed E-state index contributed by atoms with van der Waals surface area (Å²) in [6.07, 6.45) is 14.4. The first-order valence-electron chi connectivity index (χ1n) is 24.5. The number of carbonyl (C=O) groups is 1. The number of hydrogen-bond donors (Lipinski definition) is 5. The van der Waals surface area contributed by atoms with Gasteiger partial charge < -0.3 is 63.4 Å². The van der Waals surface area contributed by atoms with Crippen molar-refractivity contribution in [2.45, 2.75) is 215 Å². The van der Waals surface area contributed by atoms with Crippen LogP contribution < -0.4 is 0 Å². The fourth-order valence-corrected chi connectivity index (χ4v) is 11.2. The molecule has 7 heterocycles. The minimum absolute atomic E-state index is 0.00750. The number of aliphatic hydroxyl groups excluding tert-OH is 4. The van der Waals surface area contributed by atoms with Crippen LogP contribution in [0, 0.1) is 17.8 Å². The zero-order valence-electron chi connectivity index (χ0n) is 39.6. The van der Waals surface area contributed by atoms with Crippen molar-refractivity contribution in [1.82, 2.24) is 0 Å². The number of ether oxygens (including phenoxy) is 8. The van der Waals surface area contributed by atoms with Crippen LogP contribution in [0.3, 0.4) is 0 Å². The Kier molecular flexibility index (Phi) is 16.4. The van der Waals surface area contributed by atoms with Crippen LogP contribution in [0.1, 0.15) is 131 Å². The molecule has 7 aliphatic heterocycles. The molecule has 6 saturated heterocycles. The SMILES string of the molecule is C=C1[C@@H](O)[C@@H]2O[C@]3(CCC(/C=C/[C@@H](C)[C@@H]4CC(C)=C[C@@]5(O[C@H](C[C@@](C)(O)C(=O)OC/C(C)=C/C=C/CO)CC[C@H]5O)O4)O3)CC[C@H]2O[C@@H]1[C@@H](O)C[C@H](C)C1O[C@@]2(CCCCO2)CC[C@H]1C. The fourth-order valence-electron chi connectivity index (χ4n) is 11.2. The zero-order chi connectivity index (χ0) is 46.7. The van der Waals surface area contributed by atoms with Crippen LogP contribution in [0.15, 0.2) is 59.8 Å². The highest BCUT2D eigenvalue weighted by atomic mass is 16.7. The summed E-state index contributed by atoms with van der Waals surface area (Å²) in [5.74, 6) is -3.31. The Balaban J connectivity index is 0.901. The monoisotopic (exact) mass is 915 g/mol. The molecule has 14 nitrogen and oxygen atoms in total. The van der Waals surface area contributed by atoms with E-state index in [-0.39, 0.29) is 49.8 Å². The van der Waals surface area contributed by atoms with Crippen molar-refractivity contribution in [3.63, 3.8) is 0 Å². The summed E-state index contributed by atoms with van der Waals surface area (Å²) in [5, 5.41) is 54.6. The summed E-state index contributed by atoms with van der Waals surface area (Å²) in [5.41, 5.74) is 0.328. The molecule has 0 aromatic heterocycles. The molecule has 6 fully saturated rings. The minimum atomic E-state index is -1.84. The summed E-state index contributed by atoms with van der Waals surface area (Å²) in [6, 6.07) is 0. The van der Waals surface area contributed by atoms with Gasteiger partial charge >= 0.3 is 5.97 Å². The average molecular weight is 915 g/mol. The van der Waals surface area contributed by atoms with E-state index >= 15 is 0 Å². The third kappa shape index (κ3) is 11.8. The lowest BCUT2D eigenvalue weighted by molar-refractivity contribution is -0.321. The van der Waals surface area contributed by atoms with Gasteiger partial charge in [0.05, 0.1) is 49.8 Å². The highest BCUT2D eigenvalue weighted by Gasteiger charge is 2.55. The van der Waals surface area contributed by atoms with Crippen LogP contribution in [0.5, 0.6) is 0 Å². The van der Waals surface area contributed by atoms with E-state index in [2.05, 4.69) is 33.4 Å². The number of hydrogen-bond acceptors (Lipinski definition) is 14. The number of esters is 1. The van der Waals surface area contributed by atoms with E-state index in [9.17, 15) is 25.2 Å². The molecule has 17 atom stereocenters. The van der Waals surface area contributed by atoms with E-state index in [1.165, 1.54) is 6.92 Å². The summed E-state index contributed by atoms with van der Waals surface area (Å²) < 4.78 is 51.1. The molecule has 3 spiro atoms. The first-order valence-corrected chi connectivity index (χ1v) is 24.5. The van der Waals surface area contributed by atoms with Crippen molar-refractivity contribution in [2.24, 2.45) is 17.8 Å². The molecule has 0 aromatic rings. The average Bonchev–Trinajstić information content (AvgIpc) is 3.67. The topological polar surface area (TPSA) is 192 Å². The van der Waals surface area contributed by atoms with Crippen molar-refractivity contribution >= 4 is 5.97 Å². The molecule has 65 heavy (non-hydrogen) atoms. The molecule has 0 amide bonds. The van der Waals surface area contributed by atoms with Crippen molar-refractivity contribution in [1.29, 1.82) is 0 Å². The van der Waals surface area contributed by atoms with Crippen LogP contribution in [0.25, 0.3) is 0 Å². The van der Waals surface area contributed by atoms with Crippen LogP contribution in [-0.2, 0) is 42.7 Å². The van der Waals surface area contributed by atoms with E-state index < -0.39 is 71.7 Å². The maximum Gasteiger partial charge on any atom is 0.338 e. The van der Waals surface area contributed by atoms with Crippen molar-refractivity contribution < 1.29 is 68.2 Å². The van der Waals surface area contributed by atoms with Crippen molar-refractivity contribution in [3.8, 4) is 0 Å². The largest absolute Gasteiger partial charge is 0.459 e. The molecule has 0 radical (unpaired) electrons. The van der Waals surface area contributed by atoms with Crippen LogP contribution in [0.4, 0.5) is 0 Å². The highest BCUT2D eigenvalue weighted by molar-refractivity contribution is 5.78. The molecule has 0 aromatic carbocycles. The standard InChI is InChI=1S/C51H78O14/c1-31(12-8-10-24-52)30-58-47(56)48(7,57)29-38-15-16-42(54)51(62-38)28-32(2)26-41(63-51)33(3)13-14-37-18-22-50(61-37)23-19-40-46(65-50)43(55)36(6)45(60-40)39(53)27-35(5)44-34(4)17-21-49(64-44)20-9-11-25-59-49/h8,10,12-14,28,33-35,37-46,52-55,57H,6,9,11,15-27,29-30H2,1-5,7H3/b10-8+,14-13+,31-12+/t33-,34-,35+,37?,38+,39+,40-,41+,42-,43-,44?,45+,46-,48-,49+,50-,51-/m1/s1. The maximum absolute atomic E-state index is 13.0. The second-order valence-corrected chi connectivity index (χ2v) is 20.8. The zero-order valence-corrected chi connectivity index (χ0v) is 39.6. The van der Waals surface area contributed by atoms with Crippen LogP contribution in [-0.4, -0.2) is 135 Å². The van der Waals surface area contributed by atoms with Gasteiger partial charge in [0.15, 0.2) is 17.2 Å².